The molecule has 0 bridgehead atoms. The predicted molar refractivity (Wildman–Crippen MR) is 105 cm³/mol. The van der Waals surface area contributed by atoms with Crippen LogP contribution < -0.4 is 10.3 Å². The van der Waals surface area contributed by atoms with Gasteiger partial charge < -0.3 is 4.74 Å². The van der Waals surface area contributed by atoms with Crippen LogP contribution in [-0.4, -0.2) is 28.0 Å². The number of benzene rings is 1. The summed E-state index contributed by atoms with van der Waals surface area (Å²) in [6.45, 7) is 1.74. The lowest BCUT2D eigenvalue weighted by atomic mass is 10.1. The maximum absolute atomic E-state index is 12.6. The van der Waals surface area contributed by atoms with Crippen molar-refractivity contribution in [2.24, 2.45) is 5.10 Å². The highest BCUT2D eigenvalue weighted by molar-refractivity contribution is 7.16. The number of nitrogens with zero attached hydrogens (tertiary/aromatic N) is 4. The van der Waals surface area contributed by atoms with Crippen molar-refractivity contribution in [3.05, 3.63) is 62.6 Å². The van der Waals surface area contributed by atoms with E-state index in [1.807, 2.05) is 29.6 Å². The number of hydrogen-bond acceptors (Lipinski definition) is 6. The van der Waals surface area contributed by atoms with E-state index in [0.29, 0.717) is 26.8 Å². The first-order valence-electron chi connectivity index (χ1n) is 7.72. The van der Waals surface area contributed by atoms with E-state index in [2.05, 4.69) is 15.1 Å². The molecule has 0 saturated heterocycles. The highest BCUT2D eigenvalue weighted by Gasteiger charge is 2.09. The van der Waals surface area contributed by atoms with E-state index in [4.69, 9.17) is 16.3 Å². The smallest absolute Gasteiger partial charge is 0.282 e. The molecule has 0 spiro atoms. The average Bonchev–Trinajstić information content (AvgIpc) is 3.10. The van der Waals surface area contributed by atoms with Gasteiger partial charge in [0.15, 0.2) is 0 Å². The lowest BCUT2D eigenvalue weighted by Crippen LogP contribution is -2.19. The largest absolute Gasteiger partial charge is 0.497 e. The number of rotatable bonds is 3. The molecule has 0 saturated carbocycles. The molecule has 3 aromatic heterocycles. The second-order valence-corrected chi connectivity index (χ2v) is 6.84. The average molecular weight is 385 g/mol. The first-order valence-corrected chi connectivity index (χ1v) is 8.98. The van der Waals surface area contributed by atoms with E-state index in [1.54, 1.807) is 20.1 Å². The fraction of sp³-hybridized carbons (Fsp3) is 0.111. The molecule has 0 aliphatic heterocycles. The summed E-state index contributed by atoms with van der Waals surface area (Å²) in [6, 6.07) is 9.13. The zero-order valence-corrected chi connectivity index (χ0v) is 15.5. The Kier molecular flexibility index (Phi) is 4.18. The van der Waals surface area contributed by atoms with Crippen molar-refractivity contribution in [2.75, 3.05) is 7.11 Å². The van der Waals surface area contributed by atoms with E-state index in [9.17, 15) is 4.79 Å². The maximum Gasteiger partial charge on any atom is 0.282 e. The van der Waals surface area contributed by atoms with Gasteiger partial charge in [-0.25, -0.2) is 9.97 Å². The van der Waals surface area contributed by atoms with Crippen LogP contribution in [-0.2, 0) is 0 Å². The molecule has 4 rings (SSSR count). The fourth-order valence-electron chi connectivity index (χ4n) is 2.63. The normalized spacial score (nSPS) is 11.7. The number of halogens is 1. The van der Waals surface area contributed by atoms with Gasteiger partial charge in [-0.2, -0.15) is 9.78 Å². The molecule has 4 aromatic rings. The van der Waals surface area contributed by atoms with Crippen molar-refractivity contribution < 1.29 is 4.74 Å². The molecule has 0 amide bonds. The standard InChI is InChI=1S/C18H13ClN4O2S/c1-10-21-17-14(5-6-26-17)18(24)23(10)20-9-12-7-11-8-13(25-2)3-4-15(11)22-16(12)19/h3-9H,1-2H3/b20-9-. The van der Waals surface area contributed by atoms with Crippen LogP contribution in [0.4, 0.5) is 0 Å². The molecule has 0 atom stereocenters. The molecule has 6 nitrogen and oxygen atoms in total. The van der Waals surface area contributed by atoms with Crippen molar-refractivity contribution in [3.8, 4) is 5.75 Å². The van der Waals surface area contributed by atoms with Crippen LogP contribution >= 0.6 is 22.9 Å². The SMILES string of the molecule is COc1ccc2nc(Cl)c(/C=N\n3c(C)nc4sccc4c3=O)cc2c1. The Hall–Kier alpha value is -2.77. The summed E-state index contributed by atoms with van der Waals surface area (Å²) in [7, 11) is 1.61. The second-order valence-electron chi connectivity index (χ2n) is 5.59. The minimum atomic E-state index is -0.212. The van der Waals surface area contributed by atoms with Gasteiger partial charge in [0, 0.05) is 10.9 Å². The van der Waals surface area contributed by atoms with E-state index in [0.717, 1.165) is 16.7 Å². The zero-order valence-electron chi connectivity index (χ0n) is 13.9. The van der Waals surface area contributed by atoms with Gasteiger partial charge in [0.25, 0.3) is 5.56 Å². The topological polar surface area (TPSA) is 69.4 Å². The summed E-state index contributed by atoms with van der Waals surface area (Å²) in [6.07, 6.45) is 1.52. The first kappa shape index (κ1) is 16.7. The number of thiophene rings is 1. The molecule has 0 radical (unpaired) electrons. The van der Waals surface area contributed by atoms with Crippen LogP contribution in [0, 0.1) is 6.92 Å². The summed E-state index contributed by atoms with van der Waals surface area (Å²) in [5.41, 5.74) is 1.14. The molecule has 0 unspecified atom stereocenters. The van der Waals surface area contributed by atoms with Crippen LogP contribution in [0.1, 0.15) is 11.4 Å². The Bertz CT molecular complexity index is 1230. The van der Waals surface area contributed by atoms with Crippen LogP contribution in [0.3, 0.4) is 0 Å². The number of methoxy groups -OCH3 is 1. The van der Waals surface area contributed by atoms with Crippen molar-refractivity contribution in [2.45, 2.75) is 6.92 Å². The number of aromatic nitrogens is 3. The number of pyridine rings is 1. The molecule has 130 valence electrons. The Morgan fingerprint density at radius 3 is 2.92 bits per heavy atom. The number of ether oxygens (including phenoxy) is 1. The minimum Gasteiger partial charge on any atom is -0.497 e. The molecular formula is C18H13ClN4O2S. The van der Waals surface area contributed by atoms with E-state index >= 15 is 0 Å². The van der Waals surface area contributed by atoms with Crippen molar-refractivity contribution in [1.29, 1.82) is 0 Å². The Morgan fingerprint density at radius 1 is 1.27 bits per heavy atom. The van der Waals surface area contributed by atoms with Crippen molar-refractivity contribution in [3.63, 3.8) is 0 Å². The van der Waals surface area contributed by atoms with Gasteiger partial charge in [-0.1, -0.05) is 11.6 Å². The number of hydrogen-bond donors (Lipinski definition) is 0. The summed E-state index contributed by atoms with van der Waals surface area (Å²) in [5.74, 6) is 1.23. The van der Waals surface area contributed by atoms with Gasteiger partial charge in [0.1, 0.15) is 21.6 Å². The number of fused-ring (bicyclic) bond motifs is 2. The zero-order chi connectivity index (χ0) is 18.3. The fourth-order valence-corrected chi connectivity index (χ4v) is 3.62. The molecule has 26 heavy (non-hydrogen) atoms. The van der Waals surface area contributed by atoms with Crippen LogP contribution in [0.5, 0.6) is 5.75 Å². The molecule has 1 aromatic carbocycles. The summed E-state index contributed by atoms with van der Waals surface area (Å²) in [5, 5.41) is 7.84. The Labute approximate surface area is 157 Å². The van der Waals surface area contributed by atoms with Gasteiger partial charge in [-0.05, 0) is 42.6 Å². The third-order valence-electron chi connectivity index (χ3n) is 3.95. The monoisotopic (exact) mass is 384 g/mol. The minimum absolute atomic E-state index is 0.212. The van der Waals surface area contributed by atoms with Gasteiger partial charge in [-0.3, -0.25) is 4.79 Å². The van der Waals surface area contributed by atoms with E-state index in [1.165, 1.54) is 22.2 Å². The van der Waals surface area contributed by atoms with Crippen LogP contribution in [0.2, 0.25) is 5.15 Å². The lowest BCUT2D eigenvalue weighted by molar-refractivity contribution is 0.415. The quantitative estimate of drug-likeness (QED) is 0.397. The van der Waals surface area contributed by atoms with Crippen LogP contribution in [0.15, 0.2) is 45.6 Å². The molecule has 0 aliphatic carbocycles. The highest BCUT2D eigenvalue weighted by atomic mass is 35.5. The first-order chi connectivity index (χ1) is 12.6. The second kappa shape index (κ2) is 6.51. The van der Waals surface area contributed by atoms with Crippen molar-refractivity contribution in [1.82, 2.24) is 14.6 Å². The third-order valence-corrected chi connectivity index (χ3v) is 5.06. The molecule has 3 heterocycles. The Balaban J connectivity index is 1.81. The third kappa shape index (κ3) is 2.85. The summed E-state index contributed by atoms with van der Waals surface area (Å²) in [4.78, 5) is 22.0. The molecule has 0 fully saturated rings. The van der Waals surface area contributed by atoms with Crippen LogP contribution in [0.25, 0.3) is 21.1 Å². The van der Waals surface area contributed by atoms with E-state index in [-0.39, 0.29) is 5.56 Å². The summed E-state index contributed by atoms with van der Waals surface area (Å²) < 4.78 is 6.50. The maximum atomic E-state index is 12.6. The van der Waals surface area contributed by atoms with Crippen molar-refractivity contribution >= 4 is 50.3 Å². The van der Waals surface area contributed by atoms with Gasteiger partial charge in [0.05, 0.1) is 24.2 Å². The highest BCUT2D eigenvalue weighted by Crippen LogP contribution is 2.23. The summed E-state index contributed by atoms with van der Waals surface area (Å²) >= 11 is 7.69. The molecule has 8 heteroatoms. The van der Waals surface area contributed by atoms with Gasteiger partial charge in [-0.15, -0.1) is 11.3 Å². The Morgan fingerprint density at radius 2 is 2.12 bits per heavy atom. The number of aryl methyl sites for hydroxylation is 1. The van der Waals surface area contributed by atoms with Gasteiger partial charge >= 0.3 is 0 Å². The molecular weight excluding hydrogens is 372 g/mol. The molecule has 0 aliphatic rings. The molecule has 0 N–H and O–H groups in total. The van der Waals surface area contributed by atoms with E-state index < -0.39 is 0 Å². The lowest BCUT2D eigenvalue weighted by Gasteiger charge is -2.05. The predicted octanol–water partition coefficient (Wildman–Crippen LogP) is 3.86. The van der Waals surface area contributed by atoms with Gasteiger partial charge in [0.2, 0.25) is 0 Å².